The van der Waals surface area contributed by atoms with E-state index in [4.69, 9.17) is 5.11 Å². The first kappa shape index (κ1) is 15.2. The Kier molecular flexibility index (Phi) is 4.95. The van der Waals surface area contributed by atoms with Crippen LogP contribution in [-0.2, 0) is 6.54 Å². The van der Waals surface area contributed by atoms with Crippen LogP contribution in [0, 0.1) is 6.92 Å². The number of aryl methyl sites for hydroxylation is 1. The van der Waals surface area contributed by atoms with Gasteiger partial charge in [-0.05, 0) is 41.9 Å². The van der Waals surface area contributed by atoms with Crippen LogP contribution < -0.4 is 10.9 Å². The van der Waals surface area contributed by atoms with Crippen molar-refractivity contribution in [2.75, 3.05) is 11.9 Å². The van der Waals surface area contributed by atoms with E-state index in [2.05, 4.69) is 45.4 Å². The van der Waals surface area contributed by atoms with E-state index in [9.17, 15) is 4.79 Å². The molecule has 1 atom stereocenters. The lowest BCUT2D eigenvalue weighted by Crippen LogP contribution is -2.26. The molecule has 0 aliphatic heterocycles. The SMILES string of the molecule is Cc1ccc(C(C)Nc2cnn(CCO)c(=O)c2Br)s1. The highest BCUT2D eigenvalue weighted by atomic mass is 79.9. The lowest BCUT2D eigenvalue weighted by molar-refractivity contribution is 0.266. The number of hydrogen-bond donors (Lipinski definition) is 2. The summed E-state index contributed by atoms with van der Waals surface area (Å²) in [6.07, 6.45) is 1.60. The first-order valence-corrected chi connectivity index (χ1v) is 7.83. The minimum Gasteiger partial charge on any atom is -0.394 e. The molecule has 2 aromatic rings. The van der Waals surface area contributed by atoms with Gasteiger partial charge in [0.15, 0.2) is 0 Å². The average Bonchev–Trinajstić information content (AvgIpc) is 2.85. The standard InChI is InChI=1S/C13H16BrN3O2S/c1-8-3-4-11(20-8)9(2)16-10-7-15-17(5-6-18)13(19)12(10)14/h3-4,7,9,16,18H,5-6H2,1-2H3. The Bertz CT molecular complexity index is 653. The summed E-state index contributed by atoms with van der Waals surface area (Å²) in [6.45, 7) is 4.18. The van der Waals surface area contributed by atoms with Crippen LogP contribution in [0.2, 0.25) is 0 Å². The second kappa shape index (κ2) is 6.51. The van der Waals surface area contributed by atoms with Crippen molar-refractivity contribution in [1.29, 1.82) is 0 Å². The Hall–Kier alpha value is -1.18. The van der Waals surface area contributed by atoms with Crippen molar-refractivity contribution in [2.45, 2.75) is 26.4 Å². The maximum Gasteiger partial charge on any atom is 0.283 e. The van der Waals surface area contributed by atoms with E-state index in [1.165, 1.54) is 14.4 Å². The van der Waals surface area contributed by atoms with Crippen LogP contribution in [0.1, 0.15) is 22.7 Å². The van der Waals surface area contributed by atoms with Crippen LogP contribution in [0.5, 0.6) is 0 Å². The molecule has 2 N–H and O–H groups in total. The van der Waals surface area contributed by atoms with Gasteiger partial charge in [0.2, 0.25) is 0 Å². The predicted octanol–water partition coefficient (Wildman–Crippen LogP) is 2.54. The first-order chi connectivity index (χ1) is 9.52. The van der Waals surface area contributed by atoms with Crippen LogP contribution in [0.15, 0.2) is 27.6 Å². The number of nitrogens with zero attached hydrogens (tertiary/aromatic N) is 2. The van der Waals surface area contributed by atoms with Gasteiger partial charge in [-0.1, -0.05) is 0 Å². The second-order valence-electron chi connectivity index (χ2n) is 4.44. The van der Waals surface area contributed by atoms with Crippen molar-refractivity contribution >= 4 is 33.0 Å². The van der Waals surface area contributed by atoms with Gasteiger partial charge in [0.1, 0.15) is 4.47 Å². The fourth-order valence-electron chi connectivity index (χ4n) is 1.81. The van der Waals surface area contributed by atoms with E-state index in [1.54, 1.807) is 17.5 Å². The molecule has 2 aromatic heterocycles. The zero-order valence-corrected chi connectivity index (χ0v) is 13.7. The zero-order chi connectivity index (χ0) is 14.7. The molecule has 2 heterocycles. The highest BCUT2D eigenvalue weighted by molar-refractivity contribution is 9.10. The summed E-state index contributed by atoms with van der Waals surface area (Å²) >= 11 is 5.02. The Morgan fingerprint density at radius 2 is 2.30 bits per heavy atom. The normalized spacial score (nSPS) is 12.4. The summed E-state index contributed by atoms with van der Waals surface area (Å²) < 4.78 is 1.66. The Morgan fingerprint density at radius 1 is 1.55 bits per heavy atom. The minimum atomic E-state index is -0.251. The fourth-order valence-corrected chi connectivity index (χ4v) is 3.11. The number of anilines is 1. The summed E-state index contributed by atoms with van der Waals surface area (Å²) in [6, 6.07) is 4.25. The van der Waals surface area contributed by atoms with Crippen molar-refractivity contribution in [2.24, 2.45) is 0 Å². The molecule has 0 fully saturated rings. The van der Waals surface area contributed by atoms with E-state index >= 15 is 0 Å². The maximum atomic E-state index is 12.0. The fraction of sp³-hybridized carbons (Fsp3) is 0.385. The molecule has 7 heteroatoms. The third-order valence-electron chi connectivity index (χ3n) is 2.86. The zero-order valence-electron chi connectivity index (χ0n) is 11.3. The Balaban J connectivity index is 2.22. The molecule has 0 aliphatic carbocycles. The van der Waals surface area contributed by atoms with Gasteiger partial charge in [-0.15, -0.1) is 11.3 Å². The minimum absolute atomic E-state index is 0.0971. The highest BCUT2D eigenvalue weighted by Crippen LogP contribution is 2.27. The maximum absolute atomic E-state index is 12.0. The summed E-state index contributed by atoms with van der Waals surface area (Å²) in [7, 11) is 0. The smallest absolute Gasteiger partial charge is 0.283 e. The van der Waals surface area contributed by atoms with Crippen LogP contribution >= 0.6 is 27.3 Å². The van der Waals surface area contributed by atoms with Gasteiger partial charge in [0.05, 0.1) is 31.1 Å². The molecule has 0 bridgehead atoms. The molecule has 5 nitrogen and oxygen atoms in total. The Morgan fingerprint density at radius 3 is 2.90 bits per heavy atom. The predicted molar refractivity (Wildman–Crippen MR) is 84.4 cm³/mol. The number of rotatable bonds is 5. The largest absolute Gasteiger partial charge is 0.394 e. The molecule has 2 rings (SSSR count). The van der Waals surface area contributed by atoms with E-state index < -0.39 is 0 Å². The summed E-state index contributed by atoms with van der Waals surface area (Å²) in [4.78, 5) is 14.5. The average molecular weight is 358 g/mol. The third-order valence-corrected chi connectivity index (χ3v) is 4.81. The number of hydrogen-bond acceptors (Lipinski definition) is 5. The van der Waals surface area contributed by atoms with Gasteiger partial charge >= 0.3 is 0 Å². The van der Waals surface area contributed by atoms with Crippen molar-refractivity contribution in [3.63, 3.8) is 0 Å². The molecule has 0 saturated carbocycles. The van der Waals surface area contributed by atoms with E-state index in [1.807, 2.05) is 6.92 Å². The molecule has 1 unspecified atom stereocenters. The number of aliphatic hydroxyl groups is 1. The van der Waals surface area contributed by atoms with E-state index in [0.717, 1.165) is 0 Å². The van der Waals surface area contributed by atoms with Crippen LogP contribution in [0.3, 0.4) is 0 Å². The van der Waals surface area contributed by atoms with Crippen molar-refractivity contribution in [1.82, 2.24) is 9.78 Å². The van der Waals surface area contributed by atoms with Gasteiger partial charge in [-0.2, -0.15) is 5.10 Å². The summed E-state index contributed by atoms with van der Waals surface area (Å²) in [5.74, 6) is 0. The van der Waals surface area contributed by atoms with Gasteiger partial charge in [-0.3, -0.25) is 4.79 Å². The number of aromatic nitrogens is 2. The summed E-state index contributed by atoms with van der Waals surface area (Å²) in [5.41, 5.74) is 0.404. The molecule has 0 saturated heterocycles. The van der Waals surface area contributed by atoms with Gasteiger partial charge in [0, 0.05) is 9.75 Å². The topological polar surface area (TPSA) is 67.2 Å². The Labute approximate surface area is 129 Å². The van der Waals surface area contributed by atoms with Crippen molar-refractivity contribution in [3.05, 3.63) is 42.9 Å². The monoisotopic (exact) mass is 357 g/mol. The second-order valence-corrected chi connectivity index (χ2v) is 6.55. The van der Waals surface area contributed by atoms with Gasteiger partial charge in [0.25, 0.3) is 5.56 Å². The lowest BCUT2D eigenvalue weighted by Gasteiger charge is -2.15. The molecule has 0 aromatic carbocycles. The molecule has 0 aliphatic rings. The molecular formula is C13H16BrN3O2S. The number of thiophene rings is 1. The van der Waals surface area contributed by atoms with Crippen LogP contribution in [0.25, 0.3) is 0 Å². The van der Waals surface area contributed by atoms with Crippen molar-refractivity contribution in [3.8, 4) is 0 Å². The molecule has 20 heavy (non-hydrogen) atoms. The molecule has 108 valence electrons. The molecule has 0 spiro atoms. The van der Waals surface area contributed by atoms with Crippen LogP contribution in [0.4, 0.5) is 5.69 Å². The quantitative estimate of drug-likeness (QED) is 0.862. The summed E-state index contributed by atoms with van der Waals surface area (Å²) in [5, 5.41) is 16.2. The number of nitrogens with one attached hydrogen (secondary N) is 1. The number of halogens is 1. The third kappa shape index (κ3) is 3.28. The van der Waals surface area contributed by atoms with Gasteiger partial charge < -0.3 is 10.4 Å². The van der Waals surface area contributed by atoms with E-state index in [0.29, 0.717) is 10.2 Å². The lowest BCUT2D eigenvalue weighted by atomic mass is 10.2. The van der Waals surface area contributed by atoms with Crippen molar-refractivity contribution < 1.29 is 5.11 Å². The molecule has 0 radical (unpaired) electrons. The van der Waals surface area contributed by atoms with E-state index in [-0.39, 0.29) is 24.8 Å². The molecule has 0 amide bonds. The molecular weight excluding hydrogens is 342 g/mol. The number of aliphatic hydroxyl groups excluding tert-OH is 1. The van der Waals surface area contributed by atoms with Crippen LogP contribution in [-0.4, -0.2) is 21.5 Å². The first-order valence-electron chi connectivity index (χ1n) is 6.22. The van der Waals surface area contributed by atoms with Gasteiger partial charge in [-0.25, -0.2) is 4.68 Å². The highest BCUT2D eigenvalue weighted by Gasteiger charge is 2.13.